The normalized spacial score (nSPS) is 13.4. The van der Waals surface area contributed by atoms with Crippen LogP contribution in [-0.2, 0) is 12.8 Å². The largest absolute Gasteiger partial charge is 0.456 e. The Kier molecular flexibility index (Phi) is 13.6. The SMILES string of the molecule is C1=Cc2ccc3c(-c4ccc5oc6cccc(-c7nc(-c8ccccc8)nc(-c8ccc9c(c8)sc8ccccc89)n7)c6c5c4)ccc4c3c2C(=CC4)C1.C1=Cc2ccc3ccc(-c4ccc5oc6cccc(-c7nc(-c8ccccc8)nc(-c8cccc9c8sc8ccccc89)n7)c6c5c4)c4c3c2C(=CC4)C1. The molecule has 6 aromatic heterocycles. The lowest BCUT2D eigenvalue weighted by Crippen LogP contribution is -2.04. The van der Waals surface area contributed by atoms with E-state index in [-0.39, 0.29) is 0 Å². The van der Waals surface area contributed by atoms with Gasteiger partial charge in [0, 0.05) is 95.3 Å². The minimum Gasteiger partial charge on any atom is -0.456 e. The van der Waals surface area contributed by atoms with Crippen LogP contribution >= 0.6 is 22.7 Å². The van der Waals surface area contributed by atoms with E-state index in [2.05, 4.69) is 243 Å². The van der Waals surface area contributed by atoms with E-state index in [0.29, 0.717) is 34.9 Å². The predicted molar refractivity (Wildman–Crippen MR) is 449 cm³/mol. The molecule has 6 heterocycles. The van der Waals surface area contributed by atoms with E-state index >= 15 is 0 Å². The summed E-state index contributed by atoms with van der Waals surface area (Å²) in [5.74, 6) is 3.81. The van der Waals surface area contributed by atoms with Crippen molar-refractivity contribution in [3.8, 4) is 90.6 Å². The van der Waals surface area contributed by atoms with Gasteiger partial charge < -0.3 is 8.83 Å². The maximum atomic E-state index is 6.55. The Morgan fingerprint density at radius 3 is 1.46 bits per heavy atom. The zero-order chi connectivity index (χ0) is 70.7. The fourth-order valence-corrected chi connectivity index (χ4v) is 19.8. The van der Waals surface area contributed by atoms with Crippen molar-refractivity contribution in [3.05, 3.63) is 325 Å². The molecule has 4 aliphatic rings. The molecule has 108 heavy (non-hydrogen) atoms. The molecule has 0 spiro atoms. The fraction of sp³-hybridized carbons (Fsp3) is 0.0408. The Balaban J connectivity index is 0.000000130. The molecule has 14 aromatic carbocycles. The second-order valence-corrected chi connectivity index (χ2v) is 30.6. The molecule has 20 aromatic rings. The molecule has 0 radical (unpaired) electrons. The number of furan rings is 2. The van der Waals surface area contributed by atoms with Crippen molar-refractivity contribution in [2.24, 2.45) is 0 Å². The topological polar surface area (TPSA) is 104 Å². The molecule has 24 rings (SSSR count). The fourth-order valence-electron chi connectivity index (χ4n) is 17.4. The Morgan fingerprint density at radius 1 is 0.278 bits per heavy atom. The first-order valence-corrected chi connectivity index (χ1v) is 38.4. The van der Waals surface area contributed by atoms with Gasteiger partial charge in [0.25, 0.3) is 0 Å². The summed E-state index contributed by atoms with van der Waals surface area (Å²) in [7, 11) is 0. The molecule has 0 N–H and O–H groups in total. The van der Waals surface area contributed by atoms with Crippen LogP contribution in [0.2, 0.25) is 0 Å². The number of rotatable bonds is 8. The Hall–Kier alpha value is -13.4. The zero-order valence-corrected chi connectivity index (χ0v) is 59.6. The molecule has 0 bridgehead atoms. The Labute approximate surface area is 627 Å². The highest BCUT2D eigenvalue weighted by Gasteiger charge is 2.27. The molecule has 0 saturated heterocycles. The smallest absolute Gasteiger partial charge is 0.165 e. The van der Waals surface area contributed by atoms with Gasteiger partial charge in [0.1, 0.15) is 22.3 Å². The molecule has 8 nitrogen and oxygen atoms in total. The minimum atomic E-state index is 0.616. The average Bonchev–Trinajstić information content (AvgIpc) is 1.66. The molecule has 0 aliphatic heterocycles. The van der Waals surface area contributed by atoms with Crippen molar-refractivity contribution in [2.45, 2.75) is 25.7 Å². The summed E-state index contributed by atoms with van der Waals surface area (Å²) in [6.07, 6.45) is 17.8. The quantitative estimate of drug-likeness (QED) is 0.148. The van der Waals surface area contributed by atoms with E-state index < -0.39 is 0 Å². The average molecular weight is 1420 g/mol. The summed E-state index contributed by atoms with van der Waals surface area (Å²) in [6.45, 7) is 0. The molecule has 4 aliphatic carbocycles. The van der Waals surface area contributed by atoms with Crippen molar-refractivity contribution >= 4 is 152 Å². The van der Waals surface area contributed by atoms with Gasteiger partial charge in [-0.15, -0.1) is 22.7 Å². The third-order valence-corrected chi connectivity index (χ3v) is 24.7. The zero-order valence-electron chi connectivity index (χ0n) is 58.0. The van der Waals surface area contributed by atoms with Gasteiger partial charge in [0.15, 0.2) is 34.9 Å². The first-order valence-electron chi connectivity index (χ1n) is 36.7. The van der Waals surface area contributed by atoms with E-state index in [1.54, 1.807) is 22.7 Å². The number of fused-ring (bicyclic) bond motifs is 12. The Bertz CT molecular complexity index is 7440. The van der Waals surface area contributed by atoms with E-state index in [9.17, 15) is 0 Å². The van der Waals surface area contributed by atoms with Crippen LogP contribution < -0.4 is 0 Å². The second-order valence-electron chi connectivity index (χ2n) is 28.4. The summed E-state index contributed by atoms with van der Waals surface area (Å²) in [5.41, 5.74) is 24.9. The molecular weight excluding hydrogens is 1360 g/mol. The lowest BCUT2D eigenvalue weighted by atomic mass is 9.79. The molecular formula is C98H58N6O2S2. The second kappa shape index (κ2) is 24.1. The van der Waals surface area contributed by atoms with Gasteiger partial charge in [-0.25, -0.2) is 29.9 Å². The summed E-state index contributed by atoms with van der Waals surface area (Å²) in [6, 6.07) is 94.4. The summed E-state index contributed by atoms with van der Waals surface area (Å²) in [5, 5.41) is 14.5. The molecule has 504 valence electrons. The highest BCUT2D eigenvalue weighted by atomic mass is 32.1. The first-order chi connectivity index (χ1) is 53.5. The number of allylic oxidation sites excluding steroid dienone is 6. The van der Waals surface area contributed by atoms with E-state index in [4.69, 9.17) is 38.7 Å². The van der Waals surface area contributed by atoms with Crippen LogP contribution in [0.1, 0.15) is 46.2 Å². The maximum Gasteiger partial charge on any atom is 0.165 e. The van der Waals surface area contributed by atoms with Crippen LogP contribution in [0, 0.1) is 0 Å². The van der Waals surface area contributed by atoms with Crippen molar-refractivity contribution < 1.29 is 8.83 Å². The third kappa shape index (κ3) is 9.67. The van der Waals surface area contributed by atoms with Crippen molar-refractivity contribution in [1.29, 1.82) is 0 Å². The van der Waals surface area contributed by atoms with Gasteiger partial charge in [-0.05, 0) is 175 Å². The summed E-state index contributed by atoms with van der Waals surface area (Å²) in [4.78, 5) is 31.0. The molecule has 0 amide bonds. The van der Waals surface area contributed by atoms with E-state index in [1.807, 2.05) is 60.7 Å². The van der Waals surface area contributed by atoms with Gasteiger partial charge in [0.05, 0.1) is 0 Å². The van der Waals surface area contributed by atoms with Crippen molar-refractivity contribution in [1.82, 2.24) is 29.9 Å². The van der Waals surface area contributed by atoms with Crippen LogP contribution in [-0.4, -0.2) is 29.9 Å². The highest BCUT2D eigenvalue weighted by molar-refractivity contribution is 7.26. The predicted octanol–water partition coefficient (Wildman–Crippen LogP) is 26.6. The molecule has 10 heteroatoms. The van der Waals surface area contributed by atoms with E-state index in [0.717, 1.165) is 109 Å². The molecule has 0 saturated carbocycles. The van der Waals surface area contributed by atoms with Crippen LogP contribution in [0.3, 0.4) is 0 Å². The molecule has 0 fully saturated rings. The maximum absolute atomic E-state index is 6.55. The standard InChI is InChI=1S/2C49H29N3OS/c1-2-9-31(10-3-1)47-50-48(52-49(51-47)38-16-7-14-36-34-13-4-5-18-42(34)54-46(36)38)37-15-8-17-41-45(37)39-27-32(23-26-40(39)53-41)33-24-21-30-20-19-28-11-6-12-29-22-25-35(33)44(30)43(28)29;1-2-8-31(9-3-1)47-50-48(33-20-23-36-35-12-4-5-15-42(35)54-43(36)27-33)52-49(51-47)38-13-7-14-41-46(38)39-26-32(21-25-40(39)53-41)34-22-18-30-17-16-28-10-6-11-29-19-24-37(34)45(30)44(28)29/h1-11,13-24,26-27H,12,25H2;1-9,11-16,18-27H,10,17H2. The first kappa shape index (κ1) is 61.0. The van der Waals surface area contributed by atoms with E-state index in [1.165, 1.54) is 123 Å². The number of nitrogens with zero attached hydrogens (tertiary/aromatic N) is 6. The van der Waals surface area contributed by atoms with Gasteiger partial charge >= 0.3 is 0 Å². The number of aromatic nitrogens is 6. The van der Waals surface area contributed by atoms with Gasteiger partial charge in [0.2, 0.25) is 0 Å². The molecule has 0 unspecified atom stereocenters. The van der Waals surface area contributed by atoms with Crippen molar-refractivity contribution in [3.63, 3.8) is 0 Å². The Morgan fingerprint density at radius 2 is 0.778 bits per heavy atom. The van der Waals surface area contributed by atoms with Crippen LogP contribution in [0.25, 0.3) is 220 Å². The summed E-state index contributed by atoms with van der Waals surface area (Å²) < 4.78 is 18.0. The van der Waals surface area contributed by atoms with Crippen LogP contribution in [0.15, 0.2) is 300 Å². The van der Waals surface area contributed by atoms with Gasteiger partial charge in [-0.1, -0.05) is 243 Å². The van der Waals surface area contributed by atoms with Gasteiger partial charge in [-0.2, -0.15) is 0 Å². The summed E-state index contributed by atoms with van der Waals surface area (Å²) >= 11 is 3.58. The van der Waals surface area contributed by atoms with Crippen molar-refractivity contribution in [2.75, 3.05) is 0 Å². The number of hydrogen-bond donors (Lipinski definition) is 0. The minimum absolute atomic E-state index is 0.616. The third-order valence-electron chi connectivity index (χ3n) is 22.4. The number of hydrogen-bond acceptors (Lipinski definition) is 10. The molecule has 0 atom stereocenters. The monoisotopic (exact) mass is 1410 g/mol. The number of benzene rings is 14. The van der Waals surface area contributed by atoms with Crippen LogP contribution in [0.4, 0.5) is 0 Å². The van der Waals surface area contributed by atoms with Crippen LogP contribution in [0.5, 0.6) is 0 Å². The highest BCUT2D eigenvalue weighted by Crippen LogP contribution is 2.49. The lowest BCUT2D eigenvalue weighted by Gasteiger charge is -2.25. The lowest BCUT2D eigenvalue weighted by molar-refractivity contribution is 0.668. The number of thiophene rings is 2. The van der Waals surface area contributed by atoms with Gasteiger partial charge in [-0.3, -0.25) is 0 Å².